The lowest BCUT2D eigenvalue weighted by Gasteiger charge is -2.32. The topological polar surface area (TPSA) is 80.5 Å². The molecule has 1 N–H and O–H groups in total. The molecule has 0 bridgehead atoms. The maximum atomic E-state index is 5.41. The number of allylic oxidation sites excluding steroid dienone is 1. The predicted octanol–water partition coefficient (Wildman–Crippen LogP) is 3.41. The third kappa shape index (κ3) is 2.19. The SMILES string of the molecule is C1=CC(c2ccccn2)(c2ccccn2)Cc2[nH]nc(-c3cnco3)c21. The van der Waals surface area contributed by atoms with Crippen LogP contribution in [0.15, 0.2) is 71.9 Å². The summed E-state index contributed by atoms with van der Waals surface area (Å²) in [6.45, 7) is 0. The first-order valence-electron chi connectivity index (χ1n) is 8.35. The molecule has 0 saturated heterocycles. The molecule has 5 rings (SSSR count). The van der Waals surface area contributed by atoms with Crippen LogP contribution in [-0.4, -0.2) is 25.1 Å². The van der Waals surface area contributed by atoms with E-state index in [0.29, 0.717) is 12.2 Å². The summed E-state index contributed by atoms with van der Waals surface area (Å²) in [6, 6.07) is 11.9. The standard InChI is InChI=1S/C20H15N5O/c1-3-9-22-17(5-1)20(18-6-2-4-10-23-18)8-7-14-15(11-20)24-25-19(14)16-12-21-13-26-16/h1-10,12-13H,11H2,(H,24,25). The highest BCUT2D eigenvalue weighted by molar-refractivity contribution is 5.73. The van der Waals surface area contributed by atoms with Crippen LogP contribution in [0, 0.1) is 0 Å². The molecule has 0 aliphatic heterocycles. The van der Waals surface area contributed by atoms with Gasteiger partial charge in [0.2, 0.25) is 0 Å². The normalized spacial score (nSPS) is 14.9. The maximum Gasteiger partial charge on any atom is 0.181 e. The van der Waals surface area contributed by atoms with Crippen LogP contribution in [0.4, 0.5) is 0 Å². The van der Waals surface area contributed by atoms with Crippen LogP contribution < -0.4 is 0 Å². The van der Waals surface area contributed by atoms with Gasteiger partial charge < -0.3 is 4.42 Å². The average molecular weight is 341 g/mol. The molecule has 0 unspecified atom stereocenters. The van der Waals surface area contributed by atoms with Gasteiger partial charge in [-0.1, -0.05) is 24.3 Å². The first kappa shape index (κ1) is 14.8. The Hall–Kier alpha value is -3.54. The first-order valence-corrected chi connectivity index (χ1v) is 8.35. The lowest BCUT2D eigenvalue weighted by atomic mass is 9.72. The molecule has 6 heteroatoms. The molecule has 1 aliphatic carbocycles. The third-order valence-corrected chi connectivity index (χ3v) is 4.78. The van der Waals surface area contributed by atoms with Gasteiger partial charge in [-0.05, 0) is 24.3 Å². The molecule has 0 spiro atoms. The van der Waals surface area contributed by atoms with E-state index < -0.39 is 5.41 Å². The van der Waals surface area contributed by atoms with Crippen LogP contribution >= 0.6 is 0 Å². The second-order valence-corrected chi connectivity index (χ2v) is 6.24. The molecule has 0 atom stereocenters. The van der Waals surface area contributed by atoms with Crippen molar-refractivity contribution in [1.82, 2.24) is 25.1 Å². The number of aromatic nitrogens is 5. The molecule has 0 saturated carbocycles. The van der Waals surface area contributed by atoms with Gasteiger partial charge in [0, 0.05) is 30.1 Å². The van der Waals surface area contributed by atoms with Gasteiger partial charge >= 0.3 is 0 Å². The zero-order chi connectivity index (χ0) is 17.4. The Bertz CT molecular complexity index is 1010. The van der Waals surface area contributed by atoms with Gasteiger partial charge in [0.05, 0.1) is 23.0 Å². The third-order valence-electron chi connectivity index (χ3n) is 4.78. The van der Waals surface area contributed by atoms with E-state index in [4.69, 9.17) is 4.42 Å². The minimum absolute atomic E-state index is 0.444. The van der Waals surface area contributed by atoms with Crippen molar-refractivity contribution in [2.45, 2.75) is 11.8 Å². The minimum atomic E-state index is -0.444. The summed E-state index contributed by atoms with van der Waals surface area (Å²) in [5.74, 6) is 0.648. The summed E-state index contributed by atoms with van der Waals surface area (Å²) in [6.07, 6.45) is 11.6. The summed E-state index contributed by atoms with van der Waals surface area (Å²) in [5, 5.41) is 7.61. The molecule has 6 nitrogen and oxygen atoms in total. The summed E-state index contributed by atoms with van der Waals surface area (Å²) >= 11 is 0. The molecule has 0 amide bonds. The number of hydrogen-bond donors (Lipinski definition) is 1. The smallest absolute Gasteiger partial charge is 0.181 e. The summed E-state index contributed by atoms with van der Waals surface area (Å²) in [7, 11) is 0. The minimum Gasteiger partial charge on any atom is -0.442 e. The maximum absolute atomic E-state index is 5.41. The fourth-order valence-electron chi connectivity index (χ4n) is 3.52. The lowest BCUT2D eigenvalue weighted by Crippen LogP contribution is -2.32. The van der Waals surface area contributed by atoms with E-state index >= 15 is 0 Å². The highest BCUT2D eigenvalue weighted by atomic mass is 16.3. The van der Waals surface area contributed by atoms with Crippen molar-refractivity contribution in [2.75, 3.05) is 0 Å². The van der Waals surface area contributed by atoms with Gasteiger partial charge in [-0.3, -0.25) is 15.1 Å². The Morgan fingerprint density at radius 2 is 1.77 bits per heavy atom. The molecule has 126 valence electrons. The second kappa shape index (κ2) is 5.77. The number of nitrogens with one attached hydrogen (secondary N) is 1. The van der Waals surface area contributed by atoms with Crippen LogP contribution in [-0.2, 0) is 11.8 Å². The van der Waals surface area contributed by atoms with Crippen molar-refractivity contribution >= 4 is 6.08 Å². The zero-order valence-electron chi connectivity index (χ0n) is 13.8. The van der Waals surface area contributed by atoms with E-state index in [1.165, 1.54) is 6.39 Å². The molecule has 1 aliphatic rings. The monoisotopic (exact) mass is 341 g/mol. The van der Waals surface area contributed by atoms with Gasteiger partial charge in [-0.25, -0.2) is 4.98 Å². The highest BCUT2D eigenvalue weighted by Gasteiger charge is 2.39. The number of aromatic amines is 1. The van der Waals surface area contributed by atoms with Crippen molar-refractivity contribution in [1.29, 1.82) is 0 Å². The number of rotatable bonds is 3. The first-order chi connectivity index (χ1) is 12.9. The van der Waals surface area contributed by atoms with Crippen LogP contribution in [0.5, 0.6) is 0 Å². The number of nitrogens with zero attached hydrogens (tertiary/aromatic N) is 4. The quantitative estimate of drug-likeness (QED) is 0.617. The van der Waals surface area contributed by atoms with E-state index in [0.717, 1.165) is 28.3 Å². The Balaban J connectivity index is 1.67. The zero-order valence-corrected chi connectivity index (χ0v) is 13.8. The van der Waals surface area contributed by atoms with E-state index in [1.54, 1.807) is 6.20 Å². The van der Waals surface area contributed by atoms with Crippen molar-refractivity contribution in [3.63, 3.8) is 0 Å². The summed E-state index contributed by atoms with van der Waals surface area (Å²) in [5.41, 5.74) is 4.28. The number of oxazole rings is 1. The van der Waals surface area contributed by atoms with E-state index in [2.05, 4.69) is 37.3 Å². The van der Waals surface area contributed by atoms with Crippen LogP contribution in [0.3, 0.4) is 0 Å². The van der Waals surface area contributed by atoms with Gasteiger partial charge in [-0.2, -0.15) is 5.10 Å². The molecular weight excluding hydrogens is 326 g/mol. The van der Waals surface area contributed by atoms with Crippen LogP contribution in [0.25, 0.3) is 17.5 Å². The van der Waals surface area contributed by atoms with Crippen molar-refractivity contribution in [3.05, 3.63) is 90.1 Å². The van der Waals surface area contributed by atoms with Crippen molar-refractivity contribution in [3.8, 4) is 11.5 Å². The van der Waals surface area contributed by atoms with Crippen molar-refractivity contribution in [2.24, 2.45) is 0 Å². The number of pyridine rings is 2. The number of H-pyrrole nitrogens is 1. The van der Waals surface area contributed by atoms with E-state index in [1.807, 2.05) is 48.8 Å². The van der Waals surface area contributed by atoms with Crippen LogP contribution in [0.2, 0.25) is 0 Å². The molecule has 4 heterocycles. The highest BCUT2D eigenvalue weighted by Crippen LogP contribution is 2.41. The molecule has 0 radical (unpaired) electrons. The van der Waals surface area contributed by atoms with E-state index in [9.17, 15) is 0 Å². The van der Waals surface area contributed by atoms with E-state index in [-0.39, 0.29) is 0 Å². The fourth-order valence-corrected chi connectivity index (χ4v) is 3.52. The Kier molecular flexibility index (Phi) is 3.28. The molecule has 26 heavy (non-hydrogen) atoms. The lowest BCUT2D eigenvalue weighted by molar-refractivity contribution is 0.569. The van der Waals surface area contributed by atoms with Gasteiger partial charge in [0.1, 0.15) is 5.69 Å². The van der Waals surface area contributed by atoms with Gasteiger partial charge in [0.25, 0.3) is 0 Å². The molecular formula is C20H15N5O. The van der Waals surface area contributed by atoms with Gasteiger partial charge in [-0.15, -0.1) is 0 Å². The Labute approximate surface area is 149 Å². The molecule has 0 aromatic carbocycles. The molecule has 4 aromatic heterocycles. The van der Waals surface area contributed by atoms with Crippen molar-refractivity contribution < 1.29 is 4.42 Å². The largest absolute Gasteiger partial charge is 0.442 e. The molecule has 0 fully saturated rings. The molecule has 4 aromatic rings. The average Bonchev–Trinajstić information content (AvgIpc) is 3.38. The van der Waals surface area contributed by atoms with Gasteiger partial charge in [0.15, 0.2) is 12.2 Å². The fraction of sp³-hybridized carbons (Fsp3) is 0.100. The summed E-state index contributed by atoms with van der Waals surface area (Å²) < 4.78 is 5.41. The Morgan fingerprint density at radius 1 is 1.00 bits per heavy atom. The second-order valence-electron chi connectivity index (χ2n) is 6.24. The summed E-state index contributed by atoms with van der Waals surface area (Å²) in [4.78, 5) is 13.2. The predicted molar refractivity (Wildman–Crippen MR) is 96.1 cm³/mol. The van der Waals surface area contributed by atoms with Crippen LogP contribution in [0.1, 0.15) is 22.6 Å². The number of fused-ring (bicyclic) bond motifs is 1. The Morgan fingerprint density at radius 3 is 2.38 bits per heavy atom. The number of hydrogen-bond acceptors (Lipinski definition) is 5.